The fourth-order valence-corrected chi connectivity index (χ4v) is 6.41. The standard InChI is InChI=1S/C46H52N2O2/c1-43(2,3)31-20-17-29(18-21-31)36-24-33(45(7,8)9)26-38-40(36)48-42(50-38)35-22-19-28-15-13-14-16-34(28)39(35)47-27-30-23-32(44(4,5)6)25-37(41(30)49)46(10,11)12/h13-27,49H,1-12H3. The van der Waals surface area contributed by atoms with Gasteiger partial charge >= 0.3 is 0 Å². The molecule has 0 aliphatic rings. The van der Waals surface area contributed by atoms with E-state index in [-0.39, 0.29) is 27.4 Å². The number of phenolic OH excluding ortho intramolecular Hbond substituents is 1. The van der Waals surface area contributed by atoms with E-state index in [1.54, 1.807) is 6.21 Å². The number of benzene rings is 5. The molecule has 1 N–H and O–H groups in total. The Morgan fingerprint density at radius 3 is 1.86 bits per heavy atom. The van der Waals surface area contributed by atoms with Gasteiger partial charge in [0.1, 0.15) is 11.3 Å². The number of aromatic hydroxyl groups is 1. The first-order chi connectivity index (χ1) is 23.2. The van der Waals surface area contributed by atoms with Gasteiger partial charge in [-0.2, -0.15) is 0 Å². The quantitative estimate of drug-likeness (QED) is 0.191. The molecular formula is C46H52N2O2. The molecule has 4 nitrogen and oxygen atoms in total. The van der Waals surface area contributed by atoms with E-state index in [1.807, 2.05) is 18.2 Å². The fraction of sp³-hybridized carbons (Fsp3) is 0.348. The van der Waals surface area contributed by atoms with Gasteiger partial charge in [-0.15, -0.1) is 0 Å². The van der Waals surface area contributed by atoms with E-state index in [1.165, 1.54) is 11.1 Å². The highest BCUT2D eigenvalue weighted by molar-refractivity contribution is 6.03. The molecule has 1 aromatic heterocycles. The van der Waals surface area contributed by atoms with Gasteiger partial charge in [-0.3, -0.25) is 4.99 Å². The highest BCUT2D eigenvalue weighted by Crippen LogP contribution is 2.42. The van der Waals surface area contributed by atoms with Gasteiger partial charge in [0.2, 0.25) is 5.89 Å². The monoisotopic (exact) mass is 664 g/mol. The van der Waals surface area contributed by atoms with Crippen LogP contribution in [0.3, 0.4) is 0 Å². The molecule has 0 saturated carbocycles. The van der Waals surface area contributed by atoms with Crippen LogP contribution in [0, 0.1) is 0 Å². The fourth-order valence-electron chi connectivity index (χ4n) is 6.41. The Bertz CT molecular complexity index is 2240. The minimum atomic E-state index is -0.243. The van der Waals surface area contributed by atoms with Gasteiger partial charge in [-0.25, -0.2) is 4.98 Å². The molecular weight excluding hydrogens is 613 g/mol. The normalized spacial score (nSPS) is 13.2. The largest absolute Gasteiger partial charge is 0.507 e. The van der Waals surface area contributed by atoms with Crippen LogP contribution in [-0.2, 0) is 21.7 Å². The Hall–Kier alpha value is -4.70. The topological polar surface area (TPSA) is 58.6 Å². The molecule has 0 bridgehead atoms. The number of oxazole rings is 1. The maximum Gasteiger partial charge on any atom is 0.229 e. The molecule has 0 aliphatic carbocycles. The van der Waals surface area contributed by atoms with E-state index < -0.39 is 0 Å². The van der Waals surface area contributed by atoms with Gasteiger partial charge in [0, 0.05) is 28.3 Å². The molecule has 50 heavy (non-hydrogen) atoms. The van der Waals surface area contributed by atoms with Crippen molar-refractivity contribution in [2.75, 3.05) is 0 Å². The highest BCUT2D eigenvalue weighted by atomic mass is 16.3. The molecule has 0 aliphatic heterocycles. The molecule has 6 rings (SSSR count). The van der Waals surface area contributed by atoms with Crippen molar-refractivity contribution in [1.29, 1.82) is 0 Å². The van der Waals surface area contributed by atoms with Gasteiger partial charge in [-0.1, -0.05) is 144 Å². The number of aliphatic imine (C=N–C) groups is 1. The molecule has 1 heterocycles. The molecule has 0 spiro atoms. The van der Waals surface area contributed by atoms with E-state index in [9.17, 15) is 5.11 Å². The van der Waals surface area contributed by atoms with Crippen LogP contribution in [0.2, 0.25) is 0 Å². The lowest BCUT2D eigenvalue weighted by Crippen LogP contribution is -2.17. The van der Waals surface area contributed by atoms with Crippen molar-refractivity contribution in [1.82, 2.24) is 4.98 Å². The van der Waals surface area contributed by atoms with E-state index in [4.69, 9.17) is 14.4 Å². The Labute approximate surface area is 298 Å². The van der Waals surface area contributed by atoms with Crippen LogP contribution in [0.1, 0.15) is 111 Å². The van der Waals surface area contributed by atoms with Gasteiger partial charge in [-0.05, 0) is 73.6 Å². The summed E-state index contributed by atoms with van der Waals surface area (Å²) in [4.78, 5) is 10.3. The van der Waals surface area contributed by atoms with E-state index in [2.05, 4.69) is 150 Å². The average molecular weight is 665 g/mol. The summed E-state index contributed by atoms with van der Waals surface area (Å²) in [6.07, 6.45) is 1.80. The van der Waals surface area contributed by atoms with Crippen molar-refractivity contribution < 1.29 is 9.52 Å². The maximum absolute atomic E-state index is 11.6. The lowest BCUT2D eigenvalue weighted by Gasteiger charge is -2.27. The lowest BCUT2D eigenvalue weighted by molar-refractivity contribution is 0.444. The van der Waals surface area contributed by atoms with Crippen molar-refractivity contribution in [2.24, 2.45) is 4.99 Å². The zero-order chi connectivity index (χ0) is 36.4. The lowest BCUT2D eigenvalue weighted by atomic mass is 9.79. The third-order valence-electron chi connectivity index (χ3n) is 9.70. The van der Waals surface area contributed by atoms with Crippen molar-refractivity contribution in [3.8, 4) is 28.3 Å². The van der Waals surface area contributed by atoms with Crippen LogP contribution in [0.25, 0.3) is 44.5 Å². The number of phenols is 1. The number of aromatic nitrogens is 1. The summed E-state index contributed by atoms with van der Waals surface area (Å²) >= 11 is 0. The SMILES string of the molecule is CC(C)(C)c1ccc(-c2cc(C(C)(C)C)cc3oc(-c4ccc5ccccc5c4N=Cc4cc(C(C)(C)C)cc(C(C)(C)C)c4O)nc23)cc1. The van der Waals surface area contributed by atoms with Crippen LogP contribution in [0.5, 0.6) is 5.75 Å². The number of rotatable bonds is 4. The molecule has 0 fully saturated rings. The molecule has 6 aromatic rings. The molecule has 0 unspecified atom stereocenters. The van der Waals surface area contributed by atoms with Crippen LogP contribution in [-0.4, -0.2) is 16.3 Å². The van der Waals surface area contributed by atoms with E-state index >= 15 is 0 Å². The second-order valence-electron chi connectivity index (χ2n) is 17.9. The second kappa shape index (κ2) is 12.3. The molecule has 0 radical (unpaired) electrons. The number of nitrogens with zero attached hydrogens (tertiary/aromatic N) is 2. The van der Waals surface area contributed by atoms with Crippen molar-refractivity contribution >= 4 is 33.8 Å². The summed E-state index contributed by atoms with van der Waals surface area (Å²) in [5.41, 5.74) is 10.1. The van der Waals surface area contributed by atoms with Gasteiger partial charge in [0.25, 0.3) is 0 Å². The van der Waals surface area contributed by atoms with Gasteiger partial charge in [0.05, 0.1) is 11.3 Å². The highest BCUT2D eigenvalue weighted by Gasteiger charge is 2.26. The van der Waals surface area contributed by atoms with E-state index in [0.717, 1.165) is 55.4 Å². The van der Waals surface area contributed by atoms with Crippen molar-refractivity contribution in [2.45, 2.75) is 105 Å². The van der Waals surface area contributed by atoms with Crippen molar-refractivity contribution in [3.05, 3.63) is 113 Å². The van der Waals surface area contributed by atoms with Crippen LogP contribution in [0.4, 0.5) is 5.69 Å². The Balaban J connectivity index is 1.57. The summed E-state index contributed by atoms with van der Waals surface area (Å²) in [6.45, 7) is 26.4. The molecule has 5 aromatic carbocycles. The third-order valence-corrected chi connectivity index (χ3v) is 9.70. The summed E-state index contributed by atoms with van der Waals surface area (Å²) in [5, 5.41) is 13.6. The molecule has 4 heteroatoms. The molecule has 258 valence electrons. The minimum Gasteiger partial charge on any atom is -0.507 e. The Morgan fingerprint density at radius 2 is 1.24 bits per heavy atom. The molecule has 0 atom stereocenters. The first-order valence-electron chi connectivity index (χ1n) is 17.7. The van der Waals surface area contributed by atoms with Gasteiger partial charge < -0.3 is 9.52 Å². The first-order valence-corrected chi connectivity index (χ1v) is 17.7. The Kier molecular flexibility index (Phi) is 8.62. The summed E-state index contributed by atoms with van der Waals surface area (Å²) in [7, 11) is 0. The first kappa shape index (κ1) is 35.1. The number of hydrogen-bond acceptors (Lipinski definition) is 4. The summed E-state index contributed by atoms with van der Waals surface area (Å²) in [6, 6.07) is 29.8. The smallest absolute Gasteiger partial charge is 0.229 e. The Morgan fingerprint density at radius 1 is 0.620 bits per heavy atom. The summed E-state index contributed by atoms with van der Waals surface area (Å²) < 4.78 is 6.69. The molecule has 0 amide bonds. The number of hydrogen-bond donors (Lipinski definition) is 1. The minimum absolute atomic E-state index is 0.0638. The number of fused-ring (bicyclic) bond motifs is 2. The van der Waals surface area contributed by atoms with Gasteiger partial charge in [0.15, 0.2) is 5.58 Å². The predicted octanol–water partition coefficient (Wildman–Crippen LogP) is 13.0. The van der Waals surface area contributed by atoms with E-state index in [0.29, 0.717) is 11.5 Å². The average Bonchev–Trinajstić information content (AvgIpc) is 3.46. The van der Waals surface area contributed by atoms with Crippen molar-refractivity contribution in [3.63, 3.8) is 0 Å². The second-order valence-corrected chi connectivity index (χ2v) is 17.9. The van der Waals surface area contributed by atoms with Crippen LogP contribution < -0.4 is 0 Å². The van der Waals surface area contributed by atoms with Crippen LogP contribution >= 0.6 is 0 Å². The maximum atomic E-state index is 11.6. The third kappa shape index (κ3) is 6.86. The predicted molar refractivity (Wildman–Crippen MR) is 213 cm³/mol. The zero-order valence-electron chi connectivity index (χ0n) is 31.9. The van der Waals surface area contributed by atoms with Crippen LogP contribution in [0.15, 0.2) is 94.3 Å². The molecule has 0 saturated heterocycles. The zero-order valence-corrected chi connectivity index (χ0v) is 31.9. The summed E-state index contributed by atoms with van der Waals surface area (Å²) in [5.74, 6) is 0.772.